The van der Waals surface area contributed by atoms with Crippen molar-refractivity contribution in [1.82, 2.24) is 4.98 Å². The number of carbonyl (C=O) groups is 2. The molecule has 1 atom stereocenters. The quantitative estimate of drug-likeness (QED) is 0.539. The summed E-state index contributed by atoms with van der Waals surface area (Å²) in [5, 5.41) is 0.635. The molecule has 1 aromatic heterocycles. The first-order valence-corrected chi connectivity index (χ1v) is 10.9. The minimum Gasteiger partial charge on any atom is -0.465 e. The number of aromatic nitrogens is 1. The molecule has 8 heteroatoms. The van der Waals surface area contributed by atoms with Crippen LogP contribution in [-0.4, -0.2) is 36.6 Å². The summed E-state index contributed by atoms with van der Waals surface area (Å²) in [5.41, 5.74) is 3.51. The number of anilines is 2. The van der Waals surface area contributed by atoms with E-state index in [1.807, 2.05) is 25.1 Å². The van der Waals surface area contributed by atoms with Gasteiger partial charge in [-0.1, -0.05) is 11.6 Å². The van der Waals surface area contributed by atoms with Crippen molar-refractivity contribution in [2.75, 3.05) is 23.5 Å². The SMILES string of the molecule is COC(=O)c1ccc2c(c1)N(Cc1nc(-c3ccc(Cl)cc3)oc1C)C(=O)[C@@H]1CCCN21. The number of aryl methyl sites for hydroxylation is 1. The second-order valence-electron chi connectivity index (χ2n) is 8.00. The van der Waals surface area contributed by atoms with Crippen molar-refractivity contribution >= 4 is 34.9 Å². The number of nitrogens with zero attached hydrogens (tertiary/aromatic N) is 3. The molecular formula is C24H22ClN3O4. The maximum absolute atomic E-state index is 13.4. The number of rotatable bonds is 4. The van der Waals surface area contributed by atoms with Crippen molar-refractivity contribution in [3.8, 4) is 11.5 Å². The second-order valence-corrected chi connectivity index (χ2v) is 8.44. The first-order valence-electron chi connectivity index (χ1n) is 10.5. The van der Waals surface area contributed by atoms with Gasteiger partial charge in [0.05, 0.1) is 30.6 Å². The van der Waals surface area contributed by atoms with Crippen molar-refractivity contribution in [3.05, 3.63) is 64.5 Å². The van der Waals surface area contributed by atoms with Crippen LogP contribution in [0.5, 0.6) is 0 Å². The molecule has 0 radical (unpaired) electrons. The molecule has 0 saturated carbocycles. The highest BCUT2D eigenvalue weighted by molar-refractivity contribution is 6.30. The van der Waals surface area contributed by atoms with Crippen LogP contribution >= 0.6 is 11.6 Å². The van der Waals surface area contributed by atoms with Gasteiger partial charge in [-0.05, 0) is 62.2 Å². The molecule has 1 saturated heterocycles. The topological polar surface area (TPSA) is 75.9 Å². The molecule has 0 spiro atoms. The van der Waals surface area contributed by atoms with Gasteiger partial charge in [-0.15, -0.1) is 0 Å². The number of oxazole rings is 1. The molecular weight excluding hydrogens is 430 g/mol. The van der Waals surface area contributed by atoms with E-state index in [2.05, 4.69) is 9.88 Å². The largest absolute Gasteiger partial charge is 0.465 e. The van der Waals surface area contributed by atoms with Crippen LogP contribution in [-0.2, 0) is 16.1 Å². The highest BCUT2D eigenvalue weighted by Gasteiger charge is 2.41. The molecule has 0 aliphatic carbocycles. The molecule has 3 heterocycles. The van der Waals surface area contributed by atoms with Crippen molar-refractivity contribution in [2.24, 2.45) is 0 Å². The van der Waals surface area contributed by atoms with E-state index < -0.39 is 5.97 Å². The number of benzene rings is 2. The fourth-order valence-corrected chi connectivity index (χ4v) is 4.57. The van der Waals surface area contributed by atoms with E-state index in [4.69, 9.17) is 20.8 Å². The van der Waals surface area contributed by atoms with Gasteiger partial charge in [-0.2, -0.15) is 0 Å². The Morgan fingerprint density at radius 2 is 2.00 bits per heavy atom. The summed E-state index contributed by atoms with van der Waals surface area (Å²) in [6.45, 7) is 2.91. The molecule has 2 aliphatic heterocycles. The monoisotopic (exact) mass is 451 g/mol. The van der Waals surface area contributed by atoms with Gasteiger partial charge in [0.25, 0.3) is 0 Å². The van der Waals surface area contributed by atoms with E-state index in [0.717, 1.165) is 30.6 Å². The normalized spacial score (nSPS) is 17.3. The van der Waals surface area contributed by atoms with Crippen molar-refractivity contribution in [1.29, 1.82) is 0 Å². The van der Waals surface area contributed by atoms with Gasteiger partial charge in [0.2, 0.25) is 11.8 Å². The van der Waals surface area contributed by atoms with Crippen LogP contribution in [0.15, 0.2) is 46.9 Å². The molecule has 1 amide bonds. The number of carbonyl (C=O) groups excluding carboxylic acids is 2. The Morgan fingerprint density at radius 3 is 2.75 bits per heavy atom. The Labute approximate surface area is 190 Å². The molecule has 0 N–H and O–H groups in total. The maximum atomic E-state index is 13.4. The van der Waals surface area contributed by atoms with E-state index >= 15 is 0 Å². The lowest BCUT2D eigenvalue weighted by atomic mass is 10.0. The van der Waals surface area contributed by atoms with Crippen LogP contribution in [0, 0.1) is 6.92 Å². The molecule has 2 aliphatic rings. The predicted octanol–water partition coefficient (Wildman–Crippen LogP) is 4.61. The molecule has 1 fully saturated rings. The number of amides is 1. The van der Waals surface area contributed by atoms with E-state index in [0.29, 0.717) is 33.6 Å². The third kappa shape index (κ3) is 3.42. The molecule has 2 aromatic carbocycles. The van der Waals surface area contributed by atoms with Crippen molar-refractivity contribution in [3.63, 3.8) is 0 Å². The van der Waals surface area contributed by atoms with Gasteiger partial charge in [0.15, 0.2) is 0 Å². The summed E-state index contributed by atoms with van der Waals surface area (Å²) in [6.07, 6.45) is 1.76. The Kier molecular flexibility index (Phi) is 5.13. The van der Waals surface area contributed by atoms with Gasteiger partial charge >= 0.3 is 5.97 Å². The first-order chi connectivity index (χ1) is 15.5. The van der Waals surface area contributed by atoms with Crippen molar-refractivity contribution < 1.29 is 18.7 Å². The number of hydrogen-bond acceptors (Lipinski definition) is 6. The molecule has 32 heavy (non-hydrogen) atoms. The number of fused-ring (bicyclic) bond motifs is 3. The lowest BCUT2D eigenvalue weighted by Gasteiger charge is -2.39. The van der Waals surface area contributed by atoms with Gasteiger partial charge in [-0.3, -0.25) is 4.79 Å². The zero-order valence-electron chi connectivity index (χ0n) is 17.8. The lowest BCUT2D eigenvalue weighted by molar-refractivity contribution is -0.120. The molecule has 7 nitrogen and oxygen atoms in total. The smallest absolute Gasteiger partial charge is 0.337 e. The lowest BCUT2D eigenvalue weighted by Crippen LogP contribution is -2.50. The zero-order chi connectivity index (χ0) is 22.4. The van der Waals surface area contributed by atoms with E-state index in [1.165, 1.54) is 7.11 Å². The van der Waals surface area contributed by atoms with Crippen LogP contribution in [0.4, 0.5) is 11.4 Å². The minimum absolute atomic E-state index is 0.00691. The Bertz CT molecular complexity index is 1200. The van der Waals surface area contributed by atoms with Gasteiger partial charge < -0.3 is 19.0 Å². The zero-order valence-corrected chi connectivity index (χ0v) is 18.6. The summed E-state index contributed by atoms with van der Waals surface area (Å²) in [7, 11) is 1.35. The number of esters is 1. The molecule has 0 bridgehead atoms. The summed E-state index contributed by atoms with van der Waals surface area (Å²) in [6, 6.07) is 12.4. The van der Waals surface area contributed by atoms with Gasteiger partial charge in [0, 0.05) is 17.1 Å². The van der Waals surface area contributed by atoms with E-state index in [-0.39, 0.29) is 18.5 Å². The van der Waals surface area contributed by atoms with Crippen molar-refractivity contribution in [2.45, 2.75) is 32.4 Å². The highest BCUT2D eigenvalue weighted by atomic mass is 35.5. The van der Waals surface area contributed by atoms with Crippen LogP contribution < -0.4 is 9.80 Å². The third-order valence-electron chi connectivity index (χ3n) is 6.09. The number of ether oxygens (including phenoxy) is 1. The molecule has 164 valence electrons. The summed E-state index contributed by atoms with van der Waals surface area (Å²) < 4.78 is 10.8. The Hall–Kier alpha value is -3.32. The predicted molar refractivity (Wildman–Crippen MR) is 121 cm³/mol. The standard InChI is InChI=1S/C24H22ClN3O4/c1-14-18(26-22(32-14)15-5-8-17(25)9-6-15)13-28-21-12-16(24(30)31-2)7-10-19(21)27-11-3-4-20(27)23(28)29/h5-10,12,20H,3-4,11,13H2,1-2H3/t20-/m0/s1. The average molecular weight is 452 g/mol. The van der Waals surface area contributed by atoms with Gasteiger partial charge in [0.1, 0.15) is 17.5 Å². The second kappa shape index (κ2) is 7.98. The van der Waals surface area contributed by atoms with Crippen LogP contribution in [0.1, 0.15) is 34.7 Å². The van der Waals surface area contributed by atoms with Crippen LogP contribution in [0.2, 0.25) is 5.02 Å². The minimum atomic E-state index is -0.439. The molecule has 5 rings (SSSR count). The van der Waals surface area contributed by atoms with E-state index in [1.54, 1.807) is 29.2 Å². The van der Waals surface area contributed by atoms with Gasteiger partial charge in [-0.25, -0.2) is 9.78 Å². The highest BCUT2D eigenvalue weighted by Crippen LogP contribution is 2.41. The van der Waals surface area contributed by atoms with Crippen LogP contribution in [0.3, 0.4) is 0 Å². The summed E-state index contributed by atoms with van der Waals surface area (Å²) in [5.74, 6) is 0.686. The van der Waals surface area contributed by atoms with E-state index in [9.17, 15) is 9.59 Å². The molecule has 3 aromatic rings. The van der Waals surface area contributed by atoms with Crippen LogP contribution in [0.25, 0.3) is 11.5 Å². The number of hydrogen-bond donors (Lipinski definition) is 0. The number of halogens is 1. The average Bonchev–Trinajstić information content (AvgIpc) is 3.43. The molecule has 0 unspecified atom stereocenters. The summed E-state index contributed by atoms with van der Waals surface area (Å²) >= 11 is 5.99. The third-order valence-corrected chi connectivity index (χ3v) is 6.34. The first kappa shape index (κ1) is 20.6. The Balaban J connectivity index is 1.53. The number of methoxy groups -OCH3 is 1. The fraction of sp³-hybridized carbons (Fsp3) is 0.292. The Morgan fingerprint density at radius 1 is 1.22 bits per heavy atom. The summed E-state index contributed by atoms with van der Waals surface area (Å²) in [4.78, 5) is 34.1. The fourth-order valence-electron chi connectivity index (χ4n) is 4.44. The maximum Gasteiger partial charge on any atom is 0.337 e.